The van der Waals surface area contributed by atoms with Crippen LogP contribution in [0.5, 0.6) is 0 Å². The second-order valence-corrected chi connectivity index (χ2v) is 21.2. The molecule has 2 saturated heterocycles. The summed E-state index contributed by atoms with van der Waals surface area (Å²) in [4.78, 5) is 72.6. The Bertz CT molecular complexity index is 2070. The molecule has 1 saturated carbocycles. The Hall–Kier alpha value is -4.15. The Morgan fingerprint density at radius 3 is 2.28 bits per heavy atom. The van der Waals surface area contributed by atoms with Crippen LogP contribution < -0.4 is 0 Å². The molecular formula is C57H83NO13. The van der Waals surface area contributed by atoms with Crippen molar-refractivity contribution in [3.8, 4) is 0 Å². The van der Waals surface area contributed by atoms with Crippen molar-refractivity contribution < 1.29 is 63.0 Å². The third kappa shape index (κ3) is 15.7. The molecule has 394 valence electrons. The molecule has 0 spiro atoms. The Kier molecular flexibility index (Phi) is 22.1. The van der Waals surface area contributed by atoms with Crippen molar-refractivity contribution in [1.82, 2.24) is 4.90 Å². The molecule has 0 radical (unpaired) electrons. The maximum atomic E-state index is 14.5. The predicted molar refractivity (Wildman–Crippen MR) is 269 cm³/mol. The van der Waals surface area contributed by atoms with Gasteiger partial charge in [0.25, 0.3) is 11.7 Å². The second kappa shape index (κ2) is 27.2. The van der Waals surface area contributed by atoms with Gasteiger partial charge in [0.15, 0.2) is 5.78 Å². The van der Waals surface area contributed by atoms with Crippen molar-refractivity contribution in [2.75, 3.05) is 20.8 Å². The highest BCUT2D eigenvalue weighted by molar-refractivity contribution is 6.39. The first-order valence-electron chi connectivity index (χ1n) is 26.1. The first kappa shape index (κ1) is 57.7. The third-order valence-corrected chi connectivity index (χ3v) is 15.5. The van der Waals surface area contributed by atoms with Crippen LogP contribution in [0.3, 0.4) is 0 Å². The lowest BCUT2D eigenvalue weighted by molar-refractivity contribution is -0.266. The molecule has 14 nitrogen and oxygen atoms in total. The van der Waals surface area contributed by atoms with Gasteiger partial charge in [-0.15, -0.1) is 0 Å². The number of carbonyl (C=O) groups is 5. The number of methoxy groups -OCH3 is 2. The molecule has 0 unspecified atom stereocenters. The largest absolute Gasteiger partial charge is 0.460 e. The van der Waals surface area contributed by atoms with Crippen molar-refractivity contribution in [2.45, 2.75) is 187 Å². The Balaban J connectivity index is 1.49. The van der Waals surface area contributed by atoms with Crippen LogP contribution in [0.25, 0.3) is 0 Å². The van der Waals surface area contributed by atoms with Gasteiger partial charge in [0.2, 0.25) is 5.79 Å². The SMILES string of the molecule is CO[C@@H]1C[C@H](C[C@@H](C)[C@@H]2CC(=O)[C@H](C)/C=C(\C)[C@@H](O)[C@@H](OC)C(=O)[C@H](C)C[C@H](C)/C=C/C=C/C=C(\C)[C@@H](OCc3ccccc3)C[C@@H]3CC[C@@H](C)[C@@](O)(O3)C(=O)C(=O)N3CCCC[C@H]3C(=O)O2)CC[C@H]1O. The van der Waals surface area contributed by atoms with E-state index in [0.717, 1.165) is 17.6 Å². The number of benzene rings is 1. The van der Waals surface area contributed by atoms with Crippen LogP contribution in [0.2, 0.25) is 0 Å². The van der Waals surface area contributed by atoms with Gasteiger partial charge in [-0.05, 0) is 113 Å². The monoisotopic (exact) mass is 990 g/mol. The molecule has 1 aromatic carbocycles. The summed E-state index contributed by atoms with van der Waals surface area (Å²) in [5.74, 6) is -8.10. The summed E-state index contributed by atoms with van der Waals surface area (Å²) in [6, 6.07) is 8.58. The maximum Gasteiger partial charge on any atom is 0.329 e. The molecule has 3 heterocycles. The summed E-state index contributed by atoms with van der Waals surface area (Å²) in [6.45, 7) is 13.1. The van der Waals surface area contributed by atoms with Gasteiger partial charge in [0.1, 0.15) is 30.1 Å². The molecule has 3 N–H and O–H groups in total. The number of Topliss-reactive ketones (excluding diaryl/α,β-unsaturated/α-hetero) is 3. The molecule has 0 aromatic heterocycles. The lowest BCUT2D eigenvalue weighted by atomic mass is 9.78. The van der Waals surface area contributed by atoms with E-state index in [1.165, 1.54) is 12.0 Å². The second-order valence-electron chi connectivity index (χ2n) is 21.2. The highest BCUT2D eigenvalue weighted by Gasteiger charge is 2.53. The number of fused-ring (bicyclic) bond motifs is 3. The summed E-state index contributed by atoms with van der Waals surface area (Å²) in [7, 11) is 2.95. The molecule has 1 aliphatic carbocycles. The van der Waals surface area contributed by atoms with Crippen molar-refractivity contribution >= 4 is 29.2 Å². The van der Waals surface area contributed by atoms with Crippen molar-refractivity contribution in [1.29, 1.82) is 0 Å². The number of allylic oxidation sites excluding steroid dienone is 6. The fourth-order valence-electron chi connectivity index (χ4n) is 10.8. The highest BCUT2D eigenvalue weighted by atomic mass is 16.6. The van der Waals surface area contributed by atoms with E-state index >= 15 is 0 Å². The Labute approximate surface area is 422 Å². The summed E-state index contributed by atoms with van der Waals surface area (Å²) in [5, 5.41) is 34.2. The van der Waals surface area contributed by atoms with Crippen molar-refractivity contribution in [3.63, 3.8) is 0 Å². The quantitative estimate of drug-likeness (QED) is 0.130. The van der Waals surface area contributed by atoms with Crippen molar-refractivity contribution in [3.05, 3.63) is 83.5 Å². The molecule has 71 heavy (non-hydrogen) atoms. The van der Waals surface area contributed by atoms with E-state index in [4.69, 9.17) is 23.7 Å². The minimum Gasteiger partial charge on any atom is -0.460 e. The van der Waals surface area contributed by atoms with Crippen LogP contribution in [0.1, 0.15) is 131 Å². The number of carbonyl (C=O) groups excluding carboxylic acids is 5. The fourth-order valence-corrected chi connectivity index (χ4v) is 10.8. The molecule has 3 aliphatic heterocycles. The number of amides is 1. The smallest absolute Gasteiger partial charge is 0.329 e. The summed E-state index contributed by atoms with van der Waals surface area (Å²) >= 11 is 0. The number of hydrogen-bond donors (Lipinski definition) is 3. The predicted octanol–water partition coefficient (Wildman–Crippen LogP) is 7.75. The van der Waals surface area contributed by atoms with Gasteiger partial charge < -0.3 is 43.9 Å². The zero-order chi connectivity index (χ0) is 52.0. The number of piperidine rings is 1. The van der Waals surface area contributed by atoms with Gasteiger partial charge in [-0.2, -0.15) is 0 Å². The van der Waals surface area contributed by atoms with Crippen LogP contribution in [-0.4, -0.2) is 125 Å². The molecule has 3 fully saturated rings. The number of ether oxygens (including phenoxy) is 5. The van der Waals surface area contributed by atoms with Crippen LogP contribution in [0.15, 0.2) is 77.9 Å². The standard InChI is InChI=1S/C57H83NO13/c1-35-18-12-10-13-19-36(2)48(69-34-42-20-14-11-15-21-42)32-44-25-23-41(7)57(66,71-44)54(63)55(64)58-27-17-16-22-45(58)56(65)70-49(38(4)30-43-24-26-46(59)50(31-43)67-8)33-47(60)37(3)29-40(6)52(62)53(68-9)51(61)39(5)28-35/h10-15,18-21,29,35,37-39,41,43-46,48-50,52-53,59,62,66H,16-17,22-28,30-34H2,1-9H3/b13-10+,18-12+,36-19+,40-29+/t35-,37-,38-,39-,41-,43+,44+,45+,46-,48+,49+,50-,52-,53+,57-/m1/s1. The topological polar surface area (TPSA) is 195 Å². The Morgan fingerprint density at radius 1 is 0.845 bits per heavy atom. The summed E-state index contributed by atoms with van der Waals surface area (Å²) in [5.41, 5.74) is 2.22. The maximum absolute atomic E-state index is 14.5. The third-order valence-electron chi connectivity index (χ3n) is 15.5. The zero-order valence-corrected chi connectivity index (χ0v) is 43.7. The number of esters is 1. The molecule has 1 amide bonds. The van der Waals surface area contributed by atoms with E-state index in [9.17, 15) is 39.3 Å². The number of hydrogen-bond acceptors (Lipinski definition) is 13. The van der Waals surface area contributed by atoms with E-state index in [1.807, 2.05) is 88.4 Å². The number of nitrogens with zero attached hydrogens (tertiary/aromatic N) is 1. The molecule has 4 aliphatic rings. The number of aliphatic hydroxyl groups is 3. The van der Waals surface area contributed by atoms with Crippen LogP contribution in [0.4, 0.5) is 0 Å². The normalized spacial score (nSPS) is 37.9. The lowest BCUT2D eigenvalue weighted by Gasteiger charge is -2.43. The summed E-state index contributed by atoms with van der Waals surface area (Å²) in [6.07, 6.45) is 11.0. The van der Waals surface area contributed by atoms with Gasteiger partial charge in [-0.25, -0.2) is 4.79 Å². The fraction of sp³-hybridized carbons (Fsp3) is 0.667. The van der Waals surface area contributed by atoms with Crippen LogP contribution >= 0.6 is 0 Å². The highest BCUT2D eigenvalue weighted by Crippen LogP contribution is 2.38. The first-order valence-corrected chi connectivity index (χ1v) is 26.1. The van der Waals surface area contributed by atoms with E-state index in [2.05, 4.69) is 0 Å². The minimum atomic E-state index is -2.46. The van der Waals surface area contributed by atoms with Gasteiger partial charge in [-0.3, -0.25) is 19.2 Å². The molecule has 14 heteroatoms. The van der Waals surface area contributed by atoms with Gasteiger partial charge in [0.05, 0.1) is 31.0 Å². The molecule has 2 bridgehead atoms. The summed E-state index contributed by atoms with van der Waals surface area (Å²) < 4.78 is 30.3. The zero-order valence-electron chi connectivity index (χ0n) is 43.7. The Morgan fingerprint density at radius 2 is 1.58 bits per heavy atom. The van der Waals surface area contributed by atoms with Gasteiger partial charge in [-0.1, -0.05) is 101 Å². The number of ketones is 3. The number of aliphatic hydroxyl groups excluding tert-OH is 2. The van der Waals surface area contributed by atoms with Crippen LogP contribution in [-0.2, 0) is 54.3 Å². The van der Waals surface area contributed by atoms with Crippen LogP contribution in [0, 0.1) is 35.5 Å². The first-order chi connectivity index (χ1) is 33.8. The van der Waals surface area contributed by atoms with E-state index < -0.39 is 83.9 Å². The number of cyclic esters (lactones) is 1. The van der Waals surface area contributed by atoms with Gasteiger partial charge in [0, 0.05) is 51.4 Å². The van der Waals surface area contributed by atoms with E-state index in [0.29, 0.717) is 63.5 Å². The molecule has 15 atom stereocenters. The molecular weight excluding hydrogens is 907 g/mol. The average Bonchev–Trinajstić information content (AvgIpc) is 3.35. The minimum absolute atomic E-state index is 0.00101. The van der Waals surface area contributed by atoms with E-state index in [-0.39, 0.29) is 61.2 Å². The number of rotatable bonds is 8. The molecule has 5 rings (SSSR count). The average molecular weight is 990 g/mol. The van der Waals surface area contributed by atoms with Crippen molar-refractivity contribution in [2.24, 2.45) is 35.5 Å². The lowest BCUT2D eigenvalue weighted by Crippen LogP contribution is -2.61. The molecule has 1 aromatic rings. The van der Waals surface area contributed by atoms with E-state index in [1.54, 1.807) is 34.0 Å². The van der Waals surface area contributed by atoms with Gasteiger partial charge >= 0.3 is 5.97 Å².